The number of piperidine rings is 1. The second kappa shape index (κ2) is 8.94. The van der Waals surface area contributed by atoms with Crippen LogP contribution < -0.4 is 0 Å². The number of imidazole rings is 1. The highest BCUT2D eigenvalue weighted by Gasteiger charge is 2.27. The Kier molecular flexibility index (Phi) is 6.09. The number of rotatable bonds is 4. The van der Waals surface area contributed by atoms with Crippen molar-refractivity contribution in [1.82, 2.24) is 15.0 Å². The molecule has 0 saturated carbocycles. The molecule has 6 heteroatoms. The lowest BCUT2D eigenvalue weighted by molar-refractivity contribution is -0.152. The summed E-state index contributed by atoms with van der Waals surface area (Å²) in [6.45, 7) is 6.79. The van der Waals surface area contributed by atoms with E-state index >= 15 is 0 Å². The van der Waals surface area contributed by atoms with Crippen molar-refractivity contribution < 1.29 is 14.4 Å². The molecule has 1 fully saturated rings. The van der Waals surface area contributed by atoms with Gasteiger partial charge in [0.2, 0.25) is 0 Å². The molecule has 31 heavy (non-hydrogen) atoms. The molecule has 1 aromatic heterocycles. The summed E-state index contributed by atoms with van der Waals surface area (Å²) in [5.41, 5.74) is 3.88. The third kappa shape index (κ3) is 5.52. The number of hydrogen-bond donors (Lipinski definition) is 1. The first kappa shape index (κ1) is 21.1. The second-order valence-corrected chi connectivity index (χ2v) is 8.87. The van der Waals surface area contributed by atoms with Crippen molar-refractivity contribution in [2.75, 3.05) is 13.1 Å². The SMILES string of the molecule is CC(C)(C)OC(=O)ON1CCC(c2nc(-c3ccc(-c4ccccc4)cc3)c[nH]2)CC1. The zero-order valence-corrected chi connectivity index (χ0v) is 18.3. The van der Waals surface area contributed by atoms with E-state index in [1.807, 2.05) is 45.2 Å². The molecule has 2 heterocycles. The fraction of sp³-hybridized carbons (Fsp3) is 0.360. The largest absolute Gasteiger partial charge is 0.528 e. The van der Waals surface area contributed by atoms with Crippen molar-refractivity contribution in [3.8, 4) is 22.4 Å². The number of nitrogens with zero attached hydrogens (tertiary/aromatic N) is 2. The maximum absolute atomic E-state index is 11.8. The number of nitrogens with one attached hydrogen (secondary N) is 1. The maximum Gasteiger partial charge on any atom is 0.528 e. The summed E-state index contributed by atoms with van der Waals surface area (Å²) in [6.07, 6.45) is 3.05. The highest BCUT2D eigenvalue weighted by molar-refractivity contribution is 5.68. The molecule has 1 saturated heterocycles. The molecule has 0 radical (unpaired) electrons. The Labute approximate surface area is 183 Å². The van der Waals surface area contributed by atoms with Gasteiger partial charge in [-0.3, -0.25) is 0 Å². The van der Waals surface area contributed by atoms with Crippen LogP contribution in [0.4, 0.5) is 4.79 Å². The fourth-order valence-corrected chi connectivity index (χ4v) is 3.75. The lowest BCUT2D eigenvalue weighted by atomic mass is 9.97. The van der Waals surface area contributed by atoms with Crippen LogP contribution in [-0.2, 0) is 9.57 Å². The zero-order chi connectivity index (χ0) is 21.8. The summed E-state index contributed by atoms with van der Waals surface area (Å²) in [4.78, 5) is 25.3. The molecule has 1 N–H and O–H groups in total. The number of carbonyl (C=O) groups excluding carboxylic acids is 1. The lowest BCUT2D eigenvalue weighted by Gasteiger charge is -2.30. The van der Waals surface area contributed by atoms with Crippen molar-refractivity contribution in [2.45, 2.75) is 45.1 Å². The van der Waals surface area contributed by atoms with Crippen molar-refractivity contribution in [3.05, 3.63) is 66.6 Å². The summed E-state index contributed by atoms with van der Waals surface area (Å²) in [5.74, 6) is 1.30. The Balaban J connectivity index is 1.34. The van der Waals surface area contributed by atoms with Gasteiger partial charge in [-0.05, 0) is 44.7 Å². The van der Waals surface area contributed by atoms with Gasteiger partial charge in [-0.15, -0.1) is 5.06 Å². The molecule has 0 aliphatic carbocycles. The van der Waals surface area contributed by atoms with E-state index in [0.717, 1.165) is 29.9 Å². The summed E-state index contributed by atoms with van der Waals surface area (Å²) in [5, 5.41) is 1.68. The van der Waals surface area contributed by atoms with E-state index < -0.39 is 11.8 Å². The lowest BCUT2D eigenvalue weighted by Crippen LogP contribution is -2.37. The molecular weight excluding hydrogens is 390 g/mol. The van der Waals surface area contributed by atoms with E-state index in [1.54, 1.807) is 5.06 Å². The van der Waals surface area contributed by atoms with Gasteiger partial charge in [0.1, 0.15) is 11.4 Å². The molecule has 0 unspecified atom stereocenters. The number of hydroxylamine groups is 2. The standard InChI is InChI=1S/C25H29N3O3/c1-25(2,3)30-24(29)31-28-15-13-21(14-16-28)23-26-17-22(27-23)20-11-9-19(10-12-20)18-7-5-4-6-8-18/h4-12,17,21H,13-16H2,1-3H3,(H,26,27). The topological polar surface area (TPSA) is 67.5 Å². The van der Waals surface area contributed by atoms with E-state index in [4.69, 9.17) is 14.6 Å². The van der Waals surface area contributed by atoms with E-state index in [9.17, 15) is 4.79 Å². The number of H-pyrrole nitrogens is 1. The monoisotopic (exact) mass is 419 g/mol. The normalized spacial score (nSPS) is 15.6. The van der Waals surface area contributed by atoms with Crippen LogP contribution in [0, 0.1) is 0 Å². The number of aromatic amines is 1. The Morgan fingerprint density at radius 2 is 1.58 bits per heavy atom. The summed E-state index contributed by atoms with van der Waals surface area (Å²) in [7, 11) is 0. The minimum absolute atomic E-state index is 0.316. The maximum atomic E-state index is 11.8. The predicted octanol–water partition coefficient (Wildman–Crippen LogP) is 5.79. The van der Waals surface area contributed by atoms with Gasteiger partial charge in [-0.25, -0.2) is 9.78 Å². The second-order valence-electron chi connectivity index (χ2n) is 8.87. The van der Waals surface area contributed by atoms with Crippen LogP contribution in [0.15, 0.2) is 60.8 Å². The highest BCUT2D eigenvalue weighted by atomic mass is 16.8. The van der Waals surface area contributed by atoms with Gasteiger partial charge < -0.3 is 14.6 Å². The number of ether oxygens (including phenoxy) is 1. The average molecular weight is 420 g/mol. The van der Waals surface area contributed by atoms with Gasteiger partial charge in [-0.2, -0.15) is 0 Å². The van der Waals surface area contributed by atoms with Crippen LogP contribution in [-0.4, -0.2) is 39.9 Å². The number of carbonyl (C=O) groups is 1. The molecule has 1 aliphatic heterocycles. The Hall–Kier alpha value is -3.12. The van der Waals surface area contributed by atoms with Crippen LogP contribution in [0.3, 0.4) is 0 Å². The first-order chi connectivity index (χ1) is 14.9. The van der Waals surface area contributed by atoms with Gasteiger partial charge in [0.05, 0.1) is 5.69 Å². The first-order valence-corrected chi connectivity index (χ1v) is 10.7. The van der Waals surface area contributed by atoms with Crippen LogP contribution in [0.5, 0.6) is 0 Å². The fourth-order valence-electron chi connectivity index (χ4n) is 3.75. The number of hydrogen-bond acceptors (Lipinski definition) is 5. The van der Waals surface area contributed by atoms with Gasteiger partial charge in [0.15, 0.2) is 0 Å². The first-order valence-electron chi connectivity index (χ1n) is 10.7. The minimum Gasteiger partial charge on any atom is -0.427 e. The third-order valence-electron chi connectivity index (χ3n) is 5.32. The average Bonchev–Trinajstić information content (AvgIpc) is 3.24. The Bertz CT molecular complexity index is 998. The quantitative estimate of drug-likeness (QED) is 0.542. The molecule has 0 atom stereocenters. The van der Waals surface area contributed by atoms with Crippen molar-refractivity contribution in [1.29, 1.82) is 0 Å². The zero-order valence-electron chi connectivity index (χ0n) is 18.3. The Morgan fingerprint density at radius 1 is 0.968 bits per heavy atom. The molecule has 3 aromatic rings. The molecule has 0 spiro atoms. The molecule has 0 amide bonds. The molecule has 162 valence electrons. The van der Waals surface area contributed by atoms with Crippen LogP contribution in [0.2, 0.25) is 0 Å². The van der Waals surface area contributed by atoms with Gasteiger partial charge >= 0.3 is 6.16 Å². The molecule has 4 rings (SSSR count). The van der Waals surface area contributed by atoms with Crippen molar-refractivity contribution >= 4 is 6.16 Å². The van der Waals surface area contributed by atoms with E-state index in [0.29, 0.717) is 19.0 Å². The smallest absolute Gasteiger partial charge is 0.427 e. The van der Waals surface area contributed by atoms with Gasteiger partial charge in [0, 0.05) is 30.8 Å². The van der Waals surface area contributed by atoms with Crippen molar-refractivity contribution in [3.63, 3.8) is 0 Å². The van der Waals surface area contributed by atoms with Crippen LogP contribution in [0.1, 0.15) is 45.4 Å². The van der Waals surface area contributed by atoms with Crippen LogP contribution in [0.25, 0.3) is 22.4 Å². The van der Waals surface area contributed by atoms with E-state index in [-0.39, 0.29) is 0 Å². The number of aromatic nitrogens is 2. The van der Waals surface area contributed by atoms with E-state index in [2.05, 4.69) is 41.4 Å². The van der Waals surface area contributed by atoms with Gasteiger partial charge in [0.25, 0.3) is 0 Å². The predicted molar refractivity (Wildman–Crippen MR) is 120 cm³/mol. The van der Waals surface area contributed by atoms with E-state index in [1.165, 1.54) is 11.1 Å². The summed E-state index contributed by atoms with van der Waals surface area (Å²) in [6, 6.07) is 18.8. The Morgan fingerprint density at radius 3 is 2.23 bits per heavy atom. The molecular formula is C25H29N3O3. The number of benzene rings is 2. The molecule has 1 aliphatic rings. The molecule has 0 bridgehead atoms. The van der Waals surface area contributed by atoms with Crippen molar-refractivity contribution in [2.24, 2.45) is 0 Å². The van der Waals surface area contributed by atoms with Gasteiger partial charge in [-0.1, -0.05) is 54.6 Å². The molecule has 2 aromatic carbocycles. The minimum atomic E-state index is -0.648. The highest BCUT2D eigenvalue weighted by Crippen LogP contribution is 2.29. The molecule has 6 nitrogen and oxygen atoms in total. The van der Waals surface area contributed by atoms with Crippen LogP contribution >= 0.6 is 0 Å². The third-order valence-corrected chi connectivity index (χ3v) is 5.32. The summed E-state index contributed by atoms with van der Waals surface area (Å²) >= 11 is 0. The summed E-state index contributed by atoms with van der Waals surface area (Å²) < 4.78 is 5.22.